The molecular weight excluding hydrogens is 212 g/mol. The van der Waals surface area contributed by atoms with Crippen molar-refractivity contribution in [1.29, 1.82) is 0 Å². The molecule has 2 amide bonds. The molecule has 0 atom stereocenters. The van der Waals surface area contributed by atoms with E-state index in [4.69, 9.17) is 10.8 Å². The number of phenols is 2. The van der Waals surface area contributed by atoms with Crippen LogP contribution < -0.4 is 11.1 Å². The van der Waals surface area contributed by atoms with Gasteiger partial charge in [0.1, 0.15) is 0 Å². The van der Waals surface area contributed by atoms with Crippen molar-refractivity contribution in [1.82, 2.24) is 5.32 Å². The van der Waals surface area contributed by atoms with Crippen molar-refractivity contribution in [2.24, 2.45) is 5.73 Å². The van der Waals surface area contributed by atoms with Crippen LogP contribution >= 0.6 is 0 Å². The third-order valence-electron chi connectivity index (χ3n) is 1.92. The smallest absolute Gasteiger partial charge is 0.255 e. The average Bonchev–Trinajstić information content (AvgIpc) is 2.21. The third-order valence-corrected chi connectivity index (χ3v) is 1.92. The zero-order valence-electron chi connectivity index (χ0n) is 8.43. The normalized spacial score (nSPS) is 9.75. The quantitative estimate of drug-likeness (QED) is 0.526. The number of primary amides is 1. The Bertz CT molecular complexity index is 417. The van der Waals surface area contributed by atoms with Crippen LogP contribution in [0.1, 0.15) is 16.8 Å². The van der Waals surface area contributed by atoms with Crippen molar-refractivity contribution in [2.45, 2.75) is 6.42 Å². The molecule has 86 valence electrons. The first-order valence-corrected chi connectivity index (χ1v) is 4.60. The van der Waals surface area contributed by atoms with Crippen LogP contribution in [0.3, 0.4) is 0 Å². The summed E-state index contributed by atoms with van der Waals surface area (Å²) in [7, 11) is 0. The van der Waals surface area contributed by atoms with Crippen molar-refractivity contribution in [3.05, 3.63) is 23.8 Å². The lowest BCUT2D eigenvalue weighted by Crippen LogP contribution is -2.27. The van der Waals surface area contributed by atoms with Crippen molar-refractivity contribution in [3.63, 3.8) is 0 Å². The number of carbonyl (C=O) groups excluding carboxylic acids is 2. The highest BCUT2D eigenvalue weighted by Gasteiger charge is 2.13. The van der Waals surface area contributed by atoms with Gasteiger partial charge < -0.3 is 21.3 Å². The van der Waals surface area contributed by atoms with Crippen molar-refractivity contribution >= 4 is 11.8 Å². The molecule has 1 aromatic rings. The molecule has 0 spiro atoms. The molecule has 16 heavy (non-hydrogen) atoms. The molecule has 0 saturated carbocycles. The molecule has 0 heterocycles. The topological polar surface area (TPSA) is 113 Å². The first-order chi connectivity index (χ1) is 7.52. The Morgan fingerprint density at radius 2 is 2.00 bits per heavy atom. The Labute approximate surface area is 91.7 Å². The number of carbonyl (C=O) groups is 2. The molecule has 0 bridgehead atoms. The summed E-state index contributed by atoms with van der Waals surface area (Å²) in [5.41, 5.74) is 4.84. The maximum atomic E-state index is 11.5. The molecule has 0 aliphatic rings. The molecule has 0 radical (unpaired) electrons. The first-order valence-electron chi connectivity index (χ1n) is 4.60. The number of rotatable bonds is 4. The lowest BCUT2D eigenvalue weighted by molar-refractivity contribution is -0.117. The van der Waals surface area contributed by atoms with Gasteiger partial charge in [0.15, 0.2) is 11.5 Å². The van der Waals surface area contributed by atoms with Gasteiger partial charge in [-0.2, -0.15) is 0 Å². The van der Waals surface area contributed by atoms with Gasteiger partial charge in [0.05, 0.1) is 5.56 Å². The second-order valence-electron chi connectivity index (χ2n) is 3.15. The van der Waals surface area contributed by atoms with Crippen LogP contribution in [0.4, 0.5) is 0 Å². The van der Waals surface area contributed by atoms with Crippen LogP contribution in [0.2, 0.25) is 0 Å². The standard InChI is InChI=1S/C10H12N2O4/c11-8(14)4-5-12-10(16)6-2-1-3-7(13)9(6)15/h1-3,13,15H,4-5H2,(H2,11,14)(H,12,16). The summed E-state index contributed by atoms with van der Waals surface area (Å²) in [4.78, 5) is 21.9. The summed E-state index contributed by atoms with van der Waals surface area (Å²) >= 11 is 0. The SMILES string of the molecule is NC(=O)CCNC(=O)c1cccc(O)c1O. The molecule has 0 unspecified atom stereocenters. The Morgan fingerprint density at radius 3 is 2.62 bits per heavy atom. The van der Waals surface area contributed by atoms with Gasteiger partial charge in [0, 0.05) is 13.0 Å². The number of hydrogen-bond donors (Lipinski definition) is 4. The fourth-order valence-corrected chi connectivity index (χ4v) is 1.11. The van der Waals surface area contributed by atoms with Crippen LogP contribution in [0, 0.1) is 0 Å². The molecule has 0 aromatic heterocycles. The molecule has 0 saturated heterocycles. The predicted octanol–water partition coefficient (Wildman–Crippen LogP) is -0.297. The fourth-order valence-electron chi connectivity index (χ4n) is 1.11. The van der Waals surface area contributed by atoms with Gasteiger partial charge in [-0.05, 0) is 12.1 Å². The average molecular weight is 224 g/mol. The van der Waals surface area contributed by atoms with Gasteiger partial charge in [-0.25, -0.2) is 0 Å². The van der Waals surface area contributed by atoms with E-state index < -0.39 is 17.6 Å². The second kappa shape index (κ2) is 5.01. The van der Waals surface area contributed by atoms with Crippen LogP contribution in [-0.2, 0) is 4.79 Å². The molecule has 6 heteroatoms. The molecule has 0 aliphatic carbocycles. The number of amides is 2. The molecule has 0 aliphatic heterocycles. The monoisotopic (exact) mass is 224 g/mol. The van der Waals surface area contributed by atoms with E-state index in [9.17, 15) is 14.7 Å². The van der Waals surface area contributed by atoms with Gasteiger partial charge >= 0.3 is 0 Å². The largest absolute Gasteiger partial charge is 0.504 e. The number of hydrogen-bond acceptors (Lipinski definition) is 4. The lowest BCUT2D eigenvalue weighted by atomic mass is 10.1. The van der Waals surface area contributed by atoms with Crippen LogP contribution in [0.5, 0.6) is 11.5 Å². The van der Waals surface area contributed by atoms with Crippen LogP contribution in [0.15, 0.2) is 18.2 Å². The summed E-state index contributed by atoms with van der Waals surface area (Å²) in [5.74, 6) is -1.96. The van der Waals surface area contributed by atoms with Crippen LogP contribution in [-0.4, -0.2) is 28.6 Å². The maximum Gasteiger partial charge on any atom is 0.255 e. The van der Waals surface area contributed by atoms with E-state index in [-0.39, 0.29) is 24.3 Å². The highest BCUT2D eigenvalue weighted by molar-refractivity contribution is 5.97. The van der Waals surface area contributed by atoms with Crippen LogP contribution in [0.25, 0.3) is 0 Å². The minimum atomic E-state index is -0.574. The van der Waals surface area contributed by atoms with E-state index in [1.165, 1.54) is 18.2 Å². The van der Waals surface area contributed by atoms with Gasteiger partial charge in [-0.3, -0.25) is 9.59 Å². The second-order valence-corrected chi connectivity index (χ2v) is 3.15. The first kappa shape index (κ1) is 11.8. The summed E-state index contributed by atoms with van der Waals surface area (Å²) in [6.07, 6.45) is 0.0192. The van der Waals surface area contributed by atoms with E-state index in [0.717, 1.165) is 0 Å². The lowest BCUT2D eigenvalue weighted by Gasteiger charge is -2.06. The molecule has 6 nitrogen and oxygen atoms in total. The minimum absolute atomic E-state index is 0.0192. The Morgan fingerprint density at radius 1 is 1.31 bits per heavy atom. The van der Waals surface area contributed by atoms with Crippen molar-refractivity contribution < 1.29 is 19.8 Å². The highest BCUT2D eigenvalue weighted by Crippen LogP contribution is 2.27. The van der Waals surface area contributed by atoms with Gasteiger partial charge in [0.2, 0.25) is 5.91 Å². The number of nitrogens with one attached hydrogen (secondary N) is 1. The predicted molar refractivity (Wildman–Crippen MR) is 55.9 cm³/mol. The molecule has 1 aromatic carbocycles. The van der Waals surface area contributed by atoms with E-state index in [0.29, 0.717) is 0 Å². The van der Waals surface area contributed by atoms with E-state index in [1.807, 2.05) is 0 Å². The zero-order chi connectivity index (χ0) is 12.1. The molecule has 5 N–H and O–H groups in total. The van der Waals surface area contributed by atoms with E-state index in [1.54, 1.807) is 0 Å². The van der Waals surface area contributed by atoms with E-state index >= 15 is 0 Å². The Hall–Kier alpha value is -2.24. The summed E-state index contributed by atoms with van der Waals surface area (Å²) in [5, 5.41) is 20.9. The maximum absolute atomic E-state index is 11.5. The van der Waals surface area contributed by atoms with Crippen molar-refractivity contribution in [3.8, 4) is 11.5 Å². The Kier molecular flexibility index (Phi) is 3.71. The third kappa shape index (κ3) is 2.88. The summed E-state index contributed by atoms with van der Waals surface area (Å²) in [6.45, 7) is 0.0866. The van der Waals surface area contributed by atoms with Gasteiger partial charge in [-0.1, -0.05) is 6.07 Å². The number of phenolic OH excluding ortho intramolecular Hbond substituents is 2. The minimum Gasteiger partial charge on any atom is -0.504 e. The number of aromatic hydroxyl groups is 2. The Balaban J connectivity index is 2.66. The molecular formula is C10H12N2O4. The van der Waals surface area contributed by atoms with Crippen molar-refractivity contribution in [2.75, 3.05) is 6.54 Å². The number of nitrogens with two attached hydrogens (primary N) is 1. The summed E-state index contributed by atoms with van der Waals surface area (Å²) in [6, 6.07) is 4.04. The zero-order valence-corrected chi connectivity index (χ0v) is 8.43. The number of benzene rings is 1. The molecule has 1 rings (SSSR count). The summed E-state index contributed by atoms with van der Waals surface area (Å²) < 4.78 is 0. The van der Waals surface area contributed by atoms with Gasteiger partial charge in [-0.15, -0.1) is 0 Å². The van der Waals surface area contributed by atoms with Gasteiger partial charge in [0.25, 0.3) is 5.91 Å². The molecule has 0 fully saturated rings. The number of para-hydroxylation sites is 1. The highest BCUT2D eigenvalue weighted by atomic mass is 16.3. The van der Waals surface area contributed by atoms with E-state index in [2.05, 4.69) is 5.32 Å². The fraction of sp³-hybridized carbons (Fsp3) is 0.200.